The SMILES string of the molecule is CC(C)C1c2cc([N+](=O)[O-])ccc2CCN1C(=O)C(F)(F)F. The Bertz CT molecular complexity index is 614. The molecule has 0 spiro atoms. The highest BCUT2D eigenvalue weighted by Gasteiger charge is 2.46. The van der Waals surface area contributed by atoms with Crippen molar-refractivity contribution in [3.05, 3.63) is 39.4 Å². The molecule has 0 aromatic heterocycles. The molecule has 8 heteroatoms. The van der Waals surface area contributed by atoms with Crippen LogP contribution in [-0.4, -0.2) is 28.5 Å². The number of benzene rings is 1. The van der Waals surface area contributed by atoms with Gasteiger partial charge in [-0.1, -0.05) is 19.9 Å². The molecule has 1 aliphatic heterocycles. The van der Waals surface area contributed by atoms with Crippen LogP contribution in [0.1, 0.15) is 31.0 Å². The number of hydrogen-bond acceptors (Lipinski definition) is 3. The van der Waals surface area contributed by atoms with Crippen LogP contribution in [-0.2, 0) is 11.2 Å². The Hall–Kier alpha value is -2.12. The molecule has 22 heavy (non-hydrogen) atoms. The summed E-state index contributed by atoms with van der Waals surface area (Å²) in [6.45, 7) is 3.33. The molecule has 0 saturated carbocycles. The first-order valence-corrected chi connectivity index (χ1v) is 6.78. The number of amides is 1. The van der Waals surface area contributed by atoms with Gasteiger partial charge in [-0.05, 0) is 23.5 Å². The van der Waals surface area contributed by atoms with Crippen molar-refractivity contribution in [3.63, 3.8) is 0 Å². The minimum absolute atomic E-state index is 0.0496. The summed E-state index contributed by atoms with van der Waals surface area (Å²) in [6, 6.07) is 3.34. The summed E-state index contributed by atoms with van der Waals surface area (Å²) in [5.74, 6) is -2.20. The normalized spacial score (nSPS) is 18.3. The van der Waals surface area contributed by atoms with Gasteiger partial charge < -0.3 is 4.90 Å². The second-order valence-corrected chi connectivity index (χ2v) is 5.58. The zero-order valence-corrected chi connectivity index (χ0v) is 12.1. The van der Waals surface area contributed by atoms with Crippen LogP contribution in [0.25, 0.3) is 0 Å². The van der Waals surface area contributed by atoms with E-state index in [1.165, 1.54) is 12.1 Å². The number of hydrogen-bond donors (Lipinski definition) is 0. The van der Waals surface area contributed by atoms with E-state index in [0.717, 1.165) is 10.5 Å². The standard InChI is InChI=1S/C14H15F3N2O3/c1-8(2)12-11-7-10(19(21)22)4-3-9(11)5-6-18(12)13(20)14(15,16)17/h3-4,7-8,12H,5-6H2,1-2H3. The monoisotopic (exact) mass is 316 g/mol. The minimum Gasteiger partial charge on any atom is -0.327 e. The Morgan fingerprint density at radius 1 is 1.41 bits per heavy atom. The number of carbonyl (C=O) groups excluding carboxylic acids is 1. The molecule has 120 valence electrons. The molecular weight excluding hydrogens is 301 g/mol. The molecule has 1 atom stereocenters. The minimum atomic E-state index is -4.95. The van der Waals surface area contributed by atoms with Crippen LogP contribution in [0.4, 0.5) is 18.9 Å². The molecule has 0 aliphatic carbocycles. The highest BCUT2D eigenvalue weighted by Crippen LogP contribution is 2.39. The van der Waals surface area contributed by atoms with Gasteiger partial charge in [0, 0.05) is 18.7 Å². The lowest BCUT2D eigenvalue weighted by Crippen LogP contribution is -2.48. The molecule has 0 bridgehead atoms. The first-order chi connectivity index (χ1) is 10.1. The molecule has 1 aromatic carbocycles. The summed E-state index contributed by atoms with van der Waals surface area (Å²) < 4.78 is 38.3. The largest absolute Gasteiger partial charge is 0.471 e. The van der Waals surface area contributed by atoms with Crippen LogP contribution < -0.4 is 0 Å². The van der Waals surface area contributed by atoms with Crippen LogP contribution >= 0.6 is 0 Å². The van der Waals surface area contributed by atoms with Gasteiger partial charge in [-0.3, -0.25) is 14.9 Å². The van der Waals surface area contributed by atoms with Crippen molar-refractivity contribution >= 4 is 11.6 Å². The molecule has 2 rings (SSSR count). The zero-order chi connectivity index (χ0) is 16.7. The van der Waals surface area contributed by atoms with Gasteiger partial charge in [-0.2, -0.15) is 13.2 Å². The van der Waals surface area contributed by atoms with Crippen LogP contribution in [0.2, 0.25) is 0 Å². The molecular formula is C14H15F3N2O3. The van der Waals surface area contributed by atoms with E-state index in [4.69, 9.17) is 0 Å². The van der Waals surface area contributed by atoms with Crippen molar-refractivity contribution in [2.24, 2.45) is 5.92 Å². The van der Waals surface area contributed by atoms with E-state index in [1.54, 1.807) is 19.9 Å². The van der Waals surface area contributed by atoms with Crippen LogP contribution in [0.5, 0.6) is 0 Å². The molecule has 0 saturated heterocycles. The summed E-state index contributed by atoms with van der Waals surface area (Å²) in [4.78, 5) is 22.7. The fourth-order valence-electron chi connectivity index (χ4n) is 2.86. The lowest BCUT2D eigenvalue weighted by Gasteiger charge is -2.39. The molecule has 1 unspecified atom stereocenters. The fourth-order valence-corrected chi connectivity index (χ4v) is 2.86. The summed E-state index contributed by atoms with van der Waals surface area (Å²) in [5.41, 5.74) is 0.981. The first-order valence-electron chi connectivity index (χ1n) is 6.78. The van der Waals surface area contributed by atoms with Gasteiger partial charge in [0.15, 0.2) is 0 Å². The summed E-state index contributed by atoms with van der Waals surface area (Å²) in [6.07, 6.45) is -4.70. The summed E-state index contributed by atoms with van der Waals surface area (Å²) in [7, 11) is 0. The average molecular weight is 316 g/mol. The van der Waals surface area contributed by atoms with Crippen molar-refractivity contribution in [3.8, 4) is 0 Å². The Labute approximate surface area is 124 Å². The maximum atomic E-state index is 12.8. The molecule has 1 aliphatic rings. The highest BCUT2D eigenvalue weighted by atomic mass is 19.4. The lowest BCUT2D eigenvalue weighted by molar-refractivity contribution is -0.385. The maximum Gasteiger partial charge on any atom is 0.471 e. The first kappa shape index (κ1) is 16.3. The zero-order valence-electron chi connectivity index (χ0n) is 12.1. The molecule has 5 nitrogen and oxygen atoms in total. The van der Waals surface area contributed by atoms with E-state index in [9.17, 15) is 28.1 Å². The van der Waals surface area contributed by atoms with Crippen molar-refractivity contribution in [1.82, 2.24) is 4.90 Å². The van der Waals surface area contributed by atoms with Gasteiger partial charge in [0.1, 0.15) is 0 Å². The Balaban J connectivity index is 2.50. The van der Waals surface area contributed by atoms with Crippen LogP contribution in [0, 0.1) is 16.0 Å². The van der Waals surface area contributed by atoms with Gasteiger partial charge in [0.05, 0.1) is 11.0 Å². The summed E-state index contributed by atoms with van der Waals surface area (Å²) >= 11 is 0. The quantitative estimate of drug-likeness (QED) is 0.621. The number of non-ortho nitro benzene ring substituents is 1. The number of nitro benzene ring substituents is 1. The van der Waals surface area contributed by atoms with Gasteiger partial charge in [-0.25, -0.2) is 0 Å². The van der Waals surface area contributed by atoms with E-state index in [1.807, 2.05) is 0 Å². The van der Waals surface area contributed by atoms with E-state index in [2.05, 4.69) is 0 Å². The predicted molar refractivity (Wildman–Crippen MR) is 72.1 cm³/mol. The van der Waals surface area contributed by atoms with E-state index >= 15 is 0 Å². The Morgan fingerprint density at radius 2 is 2.05 bits per heavy atom. The fraction of sp³-hybridized carbons (Fsp3) is 0.500. The third kappa shape index (κ3) is 2.90. The summed E-state index contributed by atoms with van der Waals surface area (Å²) in [5, 5.41) is 10.9. The maximum absolute atomic E-state index is 12.8. The number of halogens is 3. The second-order valence-electron chi connectivity index (χ2n) is 5.58. The van der Waals surface area contributed by atoms with Crippen LogP contribution in [0.15, 0.2) is 18.2 Å². The number of carbonyl (C=O) groups is 1. The number of alkyl halides is 3. The molecule has 1 aromatic rings. The van der Waals surface area contributed by atoms with Crippen LogP contribution in [0.3, 0.4) is 0 Å². The second kappa shape index (κ2) is 5.58. The van der Waals surface area contributed by atoms with Gasteiger partial charge in [-0.15, -0.1) is 0 Å². The predicted octanol–water partition coefficient (Wildman–Crippen LogP) is 3.24. The van der Waals surface area contributed by atoms with Gasteiger partial charge >= 0.3 is 12.1 Å². The van der Waals surface area contributed by atoms with E-state index in [0.29, 0.717) is 5.56 Å². The van der Waals surface area contributed by atoms with Crippen molar-refractivity contribution in [2.45, 2.75) is 32.5 Å². The van der Waals surface area contributed by atoms with E-state index in [-0.39, 0.29) is 24.6 Å². The molecule has 1 amide bonds. The third-order valence-corrected chi connectivity index (χ3v) is 3.75. The Morgan fingerprint density at radius 3 is 2.55 bits per heavy atom. The molecule has 0 radical (unpaired) electrons. The van der Waals surface area contributed by atoms with Crippen molar-refractivity contribution in [1.29, 1.82) is 0 Å². The number of fused-ring (bicyclic) bond motifs is 1. The molecule has 0 N–H and O–H groups in total. The number of rotatable bonds is 2. The van der Waals surface area contributed by atoms with Crippen molar-refractivity contribution in [2.75, 3.05) is 6.54 Å². The lowest BCUT2D eigenvalue weighted by atomic mass is 9.86. The Kier molecular flexibility index (Phi) is 4.12. The molecule has 1 heterocycles. The third-order valence-electron chi connectivity index (χ3n) is 3.75. The van der Waals surface area contributed by atoms with Gasteiger partial charge in [0.2, 0.25) is 0 Å². The number of nitro groups is 1. The van der Waals surface area contributed by atoms with Gasteiger partial charge in [0.25, 0.3) is 5.69 Å². The van der Waals surface area contributed by atoms with E-state index < -0.39 is 23.0 Å². The highest BCUT2D eigenvalue weighted by molar-refractivity contribution is 5.82. The topological polar surface area (TPSA) is 63.5 Å². The number of nitrogens with zero attached hydrogens (tertiary/aromatic N) is 2. The van der Waals surface area contributed by atoms with Crippen molar-refractivity contribution < 1.29 is 22.9 Å². The smallest absolute Gasteiger partial charge is 0.327 e. The average Bonchev–Trinajstić information content (AvgIpc) is 2.43. The molecule has 0 fully saturated rings.